The van der Waals surface area contributed by atoms with Crippen molar-refractivity contribution in [3.05, 3.63) is 52.9 Å². The van der Waals surface area contributed by atoms with Crippen molar-refractivity contribution < 1.29 is 19.0 Å². The summed E-state index contributed by atoms with van der Waals surface area (Å²) >= 11 is 0. The highest BCUT2D eigenvalue weighted by atomic mass is 19.1. The first kappa shape index (κ1) is 19.4. The molecule has 150 valence electrons. The van der Waals surface area contributed by atoms with Crippen LogP contribution >= 0.6 is 0 Å². The van der Waals surface area contributed by atoms with Crippen molar-refractivity contribution in [1.29, 1.82) is 0 Å². The molecular formula is C24H29FO3. The monoisotopic (exact) mass is 384 g/mol. The number of hydrogen-bond acceptors (Lipinski definition) is 3. The van der Waals surface area contributed by atoms with Crippen molar-refractivity contribution in [2.45, 2.75) is 71.5 Å². The van der Waals surface area contributed by atoms with Gasteiger partial charge in [-0.25, -0.2) is 4.39 Å². The summed E-state index contributed by atoms with van der Waals surface area (Å²) in [6.45, 7) is 6.47. The van der Waals surface area contributed by atoms with E-state index in [0.717, 1.165) is 24.8 Å². The number of allylic oxidation sites excluding steroid dienone is 3. The van der Waals surface area contributed by atoms with E-state index < -0.39 is 12.2 Å². The van der Waals surface area contributed by atoms with Gasteiger partial charge in [-0.1, -0.05) is 26.0 Å². The quantitative estimate of drug-likeness (QED) is 0.737. The maximum Gasteiger partial charge on any atom is 0.309 e. The zero-order valence-electron chi connectivity index (χ0n) is 16.9. The lowest BCUT2D eigenvalue weighted by molar-refractivity contribution is -0.156. The number of rotatable bonds is 3. The Labute approximate surface area is 166 Å². The van der Waals surface area contributed by atoms with E-state index in [1.165, 1.54) is 17.6 Å². The van der Waals surface area contributed by atoms with E-state index in [1.54, 1.807) is 13.0 Å². The Kier molecular flexibility index (Phi) is 4.73. The van der Waals surface area contributed by atoms with Crippen LogP contribution in [0.5, 0.6) is 0 Å². The molecule has 1 aliphatic heterocycles. The van der Waals surface area contributed by atoms with Crippen LogP contribution in [0.25, 0.3) is 5.57 Å². The summed E-state index contributed by atoms with van der Waals surface area (Å²) in [6.07, 6.45) is 7.93. The number of ether oxygens (including phenoxy) is 1. The van der Waals surface area contributed by atoms with Gasteiger partial charge in [-0.15, -0.1) is 0 Å². The zero-order valence-corrected chi connectivity index (χ0v) is 16.9. The number of carbonyl (C=O) groups excluding carboxylic acids is 1. The highest BCUT2D eigenvalue weighted by molar-refractivity contribution is 5.75. The lowest BCUT2D eigenvalue weighted by atomic mass is 9.66. The van der Waals surface area contributed by atoms with E-state index in [-0.39, 0.29) is 29.0 Å². The van der Waals surface area contributed by atoms with Crippen molar-refractivity contribution in [1.82, 2.24) is 0 Å². The van der Waals surface area contributed by atoms with E-state index >= 15 is 0 Å². The van der Waals surface area contributed by atoms with Gasteiger partial charge in [-0.2, -0.15) is 0 Å². The normalized spacial score (nSPS) is 35.5. The molecule has 4 heteroatoms. The van der Waals surface area contributed by atoms with Gasteiger partial charge in [0.15, 0.2) is 0 Å². The molecule has 1 aromatic carbocycles. The summed E-state index contributed by atoms with van der Waals surface area (Å²) in [5.74, 6) is -0.527. The van der Waals surface area contributed by atoms with Gasteiger partial charge in [0.2, 0.25) is 0 Å². The van der Waals surface area contributed by atoms with E-state index in [2.05, 4.69) is 19.9 Å². The first-order valence-corrected chi connectivity index (χ1v) is 10.2. The lowest BCUT2D eigenvalue weighted by Crippen LogP contribution is -2.31. The van der Waals surface area contributed by atoms with E-state index in [9.17, 15) is 14.3 Å². The predicted molar refractivity (Wildman–Crippen MR) is 107 cm³/mol. The van der Waals surface area contributed by atoms with Crippen molar-refractivity contribution >= 4 is 11.5 Å². The van der Waals surface area contributed by atoms with E-state index in [0.29, 0.717) is 12.0 Å². The molecule has 0 aromatic heterocycles. The second kappa shape index (κ2) is 6.84. The number of fused-ring (bicyclic) bond motifs is 2. The molecule has 3 aliphatic rings. The van der Waals surface area contributed by atoms with Crippen LogP contribution in [-0.4, -0.2) is 23.3 Å². The van der Waals surface area contributed by atoms with E-state index in [1.807, 2.05) is 18.2 Å². The van der Waals surface area contributed by atoms with Gasteiger partial charge >= 0.3 is 5.97 Å². The number of benzene rings is 1. The van der Waals surface area contributed by atoms with E-state index in [4.69, 9.17) is 4.74 Å². The molecule has 0 amide bonds. The minimum Gasteiger partial charge on any atom is -0.458 e. The van der Waals surface area contributed by atoms with Gasteiger partial charge in [0.1, 0.15) is 11.9 Å². The number of cyclic esters (lactones) is 1. The number of hydrogen-bond donors (Lipinski definition) is 1. The summed E-state index contributed by atoms with van der Waals surface area (Å²) in [5.41, 5.74) is 4.62. The number of halogens is 1. The van der Waals surface area contributed by atoms with Gasteiger partial charge in [0, 0.05) is 6.42 Å². The summed E-state index contributed by atoms with van der Waals surface area (Å²) < 4.78 is 19.2. The van der Waals surface area contributed by atoms with Gasteiger partial charge in [0.05, 0.1) is 12.5 Å². The summed E-state index contributed by atoms with van der Waals surface area (Å²) in [6, 6.07) is 5.38. The smallest absolute Gasteiger partial charge is 0.309 e. The second-order valence-corrected chi connectivity index (χ2v) is 9.56. The number of aryl methyl sites for hydroxylation is 1. The summed E-state index contributed by atoms with van der Waals surface area (Å²) in [7, 11) is 0. The maximum absolute atomic E-state index is 13.8. The third kappa shape index (κ3) is 3.55. The molecule has 2 unspecified atom stereocenters. The lowest BCUT2D eigenvalue weighted by Gasteiger charge is -2.39. The number of carbonyl (C=O) groups is 1. The first-order chi connectivity index (χ1) is 13.2. The molecule has 1 saturated carbocycles. The molecule has 1 heterocycles. The molecule has 2 bridgehead atoms. The van der Waals surface area contributed by atoms with Crippen LogP contribution in [0.2, 0.25) is 0 Å². The third-order valence-electron chi connectivity index (χ3n) is 6.85. The fourth-order valence-electron chi connectivity index (χ4n) is 5.49. The number of esters is 1. The molecule has 2 fully saturated rings. The average molecular weight is 384 g/mol. The fourth-order valence-corrected chi connectivity index (χ4v) is 5.49. The van der Waals surface area contributed by atoms with Gasteiger partial charge in [-0.3, -0.25) is 4.79 Å². The molecule has 1 N–H and O–H groups in total. The molecule has 4 atom stereocenters. The predicted octanol–water partition coefficient (Wildman–Crippen LogP) is 5.11. The Bertz CT molecular complexity index is 871. The minimum atomic E-state index is -0.638. The van der Waals surface area contributed by atoms with Crippen LogP contribution < -0.4 is 0 Å². The van der Waals surface area contributed by atoms with Crippen molar-refractivity contribution in [3.8, 4) is 0 Å². The number of aliphatic hydroxyl groups is 1. The minimum absolute atomic E-state index is 0.0679. The average Bonchev–Trinajstić information content (AvgIpc) is 2.86. The molecule has 1 saturated heterocycles. The Morgan fingerprint density at radius 3 is 2.79 bits per heavy atom. The standard InChI is InChI=1S/C24H29FO3/c1-15-10-16(4-7-21(15)25)19-13-23(2)8-9-24(3,14-23)20(19)6-5-18-11-17(26)12-22(27)28-18/h4-7,10,17-18,26H,8-9,11-14H2,1-3H3/b6-5+/t17?,18?,23-,24+/m1/s1. The Balaban J connectivity index is 1.75. The molecule has 0 radical (unpaired) electrons. The molecule has 28 heavy (non-hydrogen) atoms. The molecular weight excluding hydrogens is 355 g/mol. The molecule has 3 nitrogen and oxygen atoms in total. The third-order valence-corrected chi connectivity index (χ3v) is 6.85. The van der Waals surface area contributed by atoms with Crippen LogP contribution in [0.3, 0.4) is 0 Å². The van der Waals surface area contributed by atoms with Crippen LogP contribution in [0, 0.1) is 23.6 Å². The molecule has 1 aromatic rings. The maximum atomic E-state index is 13.8. The Morgan fingerprint density at radius 1 is 1.29 bits per heavy atom. The Hall–Kier alpha value is -1.94. The van der Waals surface area contributed by atoms with Crippen molar-refractivity contribution in [2.24, 2.45) is 10.8 Å². The highest BCUT2D eigenvalue weighted by Gasteiger charge is 2.49. The molecule has 4 rings (SSSR count). The second-order valence-electron chi connectivity index (χ2n) is 9.56. The van der Waals surface area contributed by atoms with Gasteiger partial charge in [0.25, 0.3) is 0 Å². The first-order valence-electron chi connectivity index (χ1n) is 10.2. The van der Waals surface area contributed by atoms with Crippen LogP contribution in [0.1, 0.15) is 63.5 Å². The number of aliphatic hydroxyl groups excluding tert-OH is 1. The van der Waals surface area contributed by atoms with Crippen molar-refractivity contribution in [3.63, 3.8) is 0 Å². The Morgan fingerprint density at radius 2 is 2.07 bits per heavy atom. The largest absolute Gasteiger partial charge is 0.458 e. The molecule has 2 aliphatic carbocycles. The topological polar surface area (TPSA) is 46.5 Å². The SMILES string of the molecule is Cc1cc(C2=C(/C=C/C3CC(O)CC(=O)O3)[C@@]3(C)CC[C@](C)(C2)C3)ccc1F. The highest BCUT2D eigenvalue weighted by Crippen LogP contribution is 2.62. The summed E-state index contributed by atoms with van der Waals surface area (Å²) in [4.78, 5) is 11.7. The molecule has 0 spiro atoms. The van der Waals surface area contributed by atoms with Crippen molar-refractivity contribution in [2.75, 3.05) is 0 Å². The van der Waals surface area contributed by atoms with Crippen LogP contribution in [0.4, 0.5) is 4.39 Å². The van der Waals surface area contributed by atoms with Crippen LogP contribution in [0.15, 0.2) is 35.9 Å². The van der Waals surface area contributed by atoms with Crippen LogP contribution in [-0.2, 0) is 9.53 Å². The van der Waals surface area contributed by atoms with Gasteiger partial charge < -0.3 is 9.84 Å². The summed E-state index contributed by atoms with van der Waals surface area (Å²) in [5, 5.41) is 9.88. The fraction of sp³-hybridized carbons (Fsp3) is 0.542. The zero-order chi connectivity index (χ0) is 20.1. The van der Waals surface area contributed by atoms with Gasteiger partial charge in [-0.05, 0) is 83.9 Å².